The van der Waals surface area contributed by atoms with Crippen LogP contribution in [0.15, 0.2) is 36.4 Å². The minimum absolute atomic E-state index is 0.211. The topological polar surface area (TPSA) is 76.7 Å². The molecular formula is C21H22N2O4. The van der Waals surface area contributed by atoms with Gasteiger partial charge in [0.2, 0.25) is 6.79 Å². The largest absolute Gasteiger partial charge is 0.454 e. The molecule has 0 spiro atoms. The summed E-state index contributed by atoms with van der Waals surface area (Å²) in [5, 5.41) is 6.39. The van der Waals surface area contributed by atoms with E-state index in [1.807, 2.05) is 24.3 Å². The number of hydrogen-bond donors (Lipinski definition) is 2. The summed E-state index contributed by atoms with van der Waals surface area (Å²) in [6, 6.07) is 11.2. The van der Waals surface area contributed by atoms with Gasteiger partial charge < -0.3 is 20.1 Å². The van der Waals surface area contributed by atoms with E-state index in [4.69, 9.17) is 9.47 Å². The van der Waals surface area contributed by atoms with Gasteiger partial charge in [-0.15, -0.1) is 0 Å². The van der Waals surface area contributed by atoms with Crippen LogP contribution in [0.2, 0.25) is 0 Å². The Morgan fingerprint density at radius 2 is 1.89 bits per heavy atom. The fourth-order valence-electron chi connectivity index (χ4n) is 3.57. The molecule has 2 aliphatic rings. The molecule has 1 aliphatic heterocycles. The van der Waals surface area contributed by atoms with Crippen molar-refractivity contribution in [3.05, 3.63) is 53.1 Å². The summed E-state index contributed by atoms with van der Waals surface area (Å²) < 4.78 is 10.7. The van der Waals surface area contributed by atoms with Crippen LogP contribution in [-0.4, -0.2) is 25.0 Å². The lowest BCUT2D eigenvalue weighted by molar-refractivity contribution is 0.0951. The summed E-state index contributed by atoms with van der Waals surface area (Å²) >= 11 is 0. The van der Waals surface area contributed by atoms with Crippen molar-refractivity contribution in [2.24, 2.45) is 0 Å². The number of benzene rings is 2. The second-order valence-electron chi connectivity index (χ2n) is 6.92. The fourth-order valence-corrected chi connectivity index (χ4v) is 3.57. The second-order valence-corrected chi connectivity index (χ2v) is 6.92. The first-order valence-electron chi connectivity index (χ1n) is 9.25. The standard InChI is InChI=1S/C21H22N2O4/c24-12-15-5-7-18(23-16-3-1-2-4-16)17(9-15)21(25)22-11-14-6-8-19-20(10-14)27-13-26-19/h5-10,12,16,23H,1-4,11,13H2,(H,22,25). The van der Waals surface area contributed by atoms with Crippen LogP contribution in [0.5, 0.6) is 11.5 Å². The molecule has 0 aromatic heterocycles. The summed E-state index contributed by atoms with van der Waals surface area (Å²) in [7, 11) is 0. The second kappa shape index (κ2) is 7.70. The summed E-state index contributed by atoms with van der Waals surface area (Å²) in [4.78, 5) is 23.9. The fraction of sp³-hybridized carbons (Fsp3) is 0.333. The van der Waals surface area contributed by atoms with E-state index in [0.29, 0.717) is 35.2 Å². The van der Waals surface area contributed by atoms with Gasteiger partial charge in [-0.1, -0.05) is 18.9 Å². The molecule has 140 valence electrons. The van der Waals surface area contributed by atoms with E-state index in [1.54, 1.807) is 12.1 Å². The van der Waals surface area contributed by atoms with Crippen LogP contribution in [0.25, 0.3) is 0 Å². The molecule has 2 aromatic carbocycles. The van der Waals surface area contributed by atoms with Gasteiger partial charge in [-0.3, -0.25) is 9.59 Å². The maximum absolute atomic E-state index is 12.8. The van der Waals surface area contributed by atoms with E-state index in [1.165, 1.54) is 12.8 Å². The Bertz CT molecular complexity index is 859. The van der Waals surface area contributed by atoms with Crippen molar-refractivity contribution in [3.8, 4) is 11.5 Å². The summed E-state index contributed by atoms with van der Waals surface area (Å²) in [5.74, 6) is 1.19. The number of nitrogens with one attached hydrogen (secondary N) is 2. The lowest BCUT2D eigenvalue weighted by Crippen LogP contribution is -2.25. The SMILES string of the molecule is O=Cc1ccc(NC2CCCC2)c(C(=O)NCc2ccc3c(c2)OCO3)c1. The van der Waals surface area contributed by atoms with Gasteiger partial charge >= 0.3 is 0 Å². The van der Waals surface area contributed by atoms with Crippen LogP contribution in [0, 0.1) is 0 Å². The van der Waals surface area contributed by atoms with Crippen molar-refractivity contribution in [2.75, 3.05) is 12.1 Å². The molecule has 0 radical (unpaired) electrons. The normalized spacial score (nSPS) is 15.6. The van der Waals surface area contributed by atoms with Crippen LogP contribution in [-0.2, 0) is 6.54 Å². The maximum atomic E-state index is 12.8. The van der Waals surface area contributed by atoms with E-state index < -0.39 is 0 Å². The molecule has 6 nitrogen and oxygen atoms in total. The number of carbonyl (C=O) groups is 2. The van der Waals surface area contributed by atoms with E-state index in [2.05, 4.69) is 10.6 Å². The Labute approximate surface area is 157 Å². The first-order chi connectivity index (χ1) is 13.2. The Kier molecular flexibility index (Phi) is 4.96. The molecule has 0 atom stereocenters. The van der Waals surface area contributed by atoms with Crippen LogP contribution in [0.4, 0.5) is 5.69 Å². The highest BCUT2D eigenvalue weighted by Gasteiger charge is 2.19. The maximum Gasteiger partial charge on any atom is 0.253 e. The first-order valence-corrected chi connectivity index (χ1v) is 9.25. The number of fused-ring (bicyclic) bond motifs is 1. The zero-order valence-electron chi connectivity index (χ0n) is 15.0. The Hall–Kier alpha value is -3.02. The van der Waals surface area contributed by atoms with E-state index in [-0.39, 0.29) is 12.7 Å². The number of ether oxygens (including phenoxy) is 2. The minimum Gasteiger partial charge on any atom is -0.454 e. The summed E-state index contributed by atoms with van der Waals surface area (Å²) in [5.41, 5.74) is 2.67. The third kappa shape index (κ3) is 3.89. The molecular weight excluding hydrogens is 344 g/mol. The molecule has 4 rings (SSSR count). The third-order valence-corrected chi connectivity index (χ3v) is 5.03. The molecule has 1 heterocycles. The summed E-state index contributed by atoms with van der Waals surface area (Å²) in [6.45, 7) is 0.587. The Morgan fingerprint density at radius 3 is 2.70 bits per heavy atom. The minimum atomic E-state index is -0.211. The monoisotopic (exact) mass is 366 g/mol. The third-order valence-electron chi connectivity index (χ3n) is 5.03. The molecule has 0 unspecified atom stereocenters. The number of carbonyl (C=O) groups excluding carboxylic acids is 2. The molecule has 1 aliphatic carbocycles. The molecule has 1 saturated carbocycles. The molecule has 1 fully saturated rings. The van der Waals surface area contributed by atoms with Gasteiger partial charge in [0.05, 0.1) is 5.56 Å². The van der Waals surface area contributed by atoms with E-state index in [0.717, 1.165) is 30.4 Å². The van der Waals surface area contributed by atoms with E-state index >= 15 is 0 Å². The number of rotatable bonds is 6. The zero-order valence-corrected chi connectivity index (χ0v) is 15.0. The van der Waals surface area contributed by atoms with Gasteiger partial charge in [-0.2, -0.15) is 0 Å². The van der Waals surface area contributed by atoms with Crippen molar-refractivity contribution in [3.63, 3.8) is 0 Å². The Balaban J connectivity index is 1.48. The average molecular weight is 366 g/mol. The summed E-state index contributed by atoms with van der Waals surface area (Å²) in [6.07, 6.45) is 5.38. The Morgan fingerprint density at radius 1 is 1.07 bits per heavy atom. The predicted molar refractivity (Wildman–Crippen MR) is 101 cm³/mol. The molecule has 0 saturated heterocycles. The highest BCUT2D eigenvalue weighted by atomic mass is 16.7. The van der Waals surface area contributed by atoms with Gasteiger partial charge in [-0.25, -0.2) is 0 Å². The van der Waals surface area contributed by atoms with Crippen molar-refractivity contribution < 1.29 is 19.1 Å². The van der Waals surface area contributed by atoms with Crippen LogP contribution >= 0.6 is 0 Å². The van der Waals surface area contributed by atoms with Gasteiger partial charge in [0.15, 0.2) is 11.5 Å². The van der Waals surface area contributed by atoms with Gasteiger partial charge in [0, 0.05) is 23.8 Å². The van der Waals surface area contributed by atoms with Crippen molar-refractivity contribution >= 4 is 17.9 Å². The molecule has 27 heavy (non-hydrogen) atoms. The van der Waals surface area contributed by atoms with Gasteiger partial charge in [0.25, 0.3) is 5.91 Å². The van der Waals surface area contributed by atoms with Crippen LogP contribution in [0.3, 0.4) is 0 Å². The van der Waals surface area contributed by atoms with E-state index in [9.17, 15) is 9.59 Å². The van der Waals surface area contributed by atoms with Crippen LogP contribution < -0.4 is 20.1 Å². The van der Waals surface area contributed by atoms with Gasteiger partial charge in [-0.05, 0) is 48.7 Å². The highest BCUT2D eigenvalue weighted by molar-refractivity contribution is 6.01. The highest BCUT2D eigenvalue weighted by Crippen LogP contribution is 2.32. The van der Waals surface area contributed by atoms with Crippen molar-refractivity contribution in [1.29, 1.82) is 0 Å². The molecule has 0 bridgehead atoms. The number of hydrogen-bond acceptors (Lipinski definition) is 5. The predicted octanol–water partition coefficient (Wildman–Crippen LogP) is 3.51. The van der Waals surface area contributed by atoms with Crippen LogP contribution in [0.1, 0.15) is 52.0 Å². The zero-order chi connectivity index (χ0) is 18.6. The molecule has 2 aromatic rings. The number of amides is 1. The van der Waals surface area contributed by atoms with Gasteiger partial charge in [0.1, 0.15) is 6.29 Å². The smallest absolute Gasteiger partial charge is 0.253 e. The first kappa shape index (κ1) is 17.4. The average Bonchev–Trinajstić information content (AvgIpc) is 3.37. The number of anilines is 1. The van der Waals surface area contributed by atoms with Crippen molar-refractivity contribution in [1.82, 2.24) is 5.32 Å². The lowest BCUT2D eigenvalue weighted by atomic mass is 10.1. The molecule has 6 heteroatoms. The lowest BCUT2D eigenvalue weighted by Gasteiger charge is -2.17. The quantitative estimate of drug-likeness (QED) is 0.765. The van der Waals surface area contributed by atoms with Crippen molar-refractivity contribution in [2.45, 2.75) is 38.3 Å². The molecule has 2 N–H and O–H groups in total. The molecule has 1 amide bonds. The number of aldehydes is 1.